The van der Waals surface area contributed by atoms with Crippen LogP contribution in [-0.4, -0.2) is 55.3 Å². The molecule has 1 saturated carbocycles. The maximum Gasteiger partial charge on any atom is 0.251 e. The predicted molar refractivity (Wildman–Crippen MR) is 113 cm³/mol. The van der Waals surface area contributed by atoms with E-state index in [4.69, 9.17) is 4.74 Å². The highest BCUT2D eigenvalue weighted by Gasteiger charge is 2.52. The Kier molecular flexibility index (Phi) is 5.61. The van der Waals surface area contributed by atoms with Crippen molar-refractivity contribution in [2.75, 3.05) is 27.2 Å². The summed E-state index contributed by atoms with van der Waals surface area (Å²) < 4.78 is 5.96. The predicted octanol–water partition coefficient (Wildman–Crippen LogP) is 3.19. The standard InChI is InChI=1S/C24H30N2O3/c1-26-12-11-24(18-9-6-10-20(27)13-18)15-19(14-22(29-2)21(24)16-26)25-23(28)17-7-4-3-5-8-17/h3-10,13,19,21-22,27H,11-12,14-16H2,1-2H3,(H,25,28). The third kappa shape index (κ3) is 3.89. The highest BCUT2D eigenvalue weighted by Crippen LogP contribution is 2.50. The van der Waals surface area contributed by atoms with Gasteiger partial charge in [0, 0.05) is 36.6 Å². The molecule has 2 N–H and O–H groups in total. The van der Waals surface area contributed by atoms with Crippen LogP contribution in [0.5, 0.6) is 5.75 Å². The van der Waals surface area contributed by atoms with E-state index in [2.05, 4.69) is 23.3 Å². The molecule has 154 valence electrons. The quantitative estimate of drug-likeness (QED) is 0.836. The lowest BCUT2D eigenvalue weighted by atomic mass is 9.57. The number of nitrogens with zero attached hydrogens (tertiary/aromatic N) is 1. The molecule has 2 aromatic carbocycles. The minimum atomic E-state index is -0.126. The Labute approximate surface area is 172 Å². The average Bonchev–Trinajstić information content (AvgIpc) is 2.74. The maximum atomic E-state index is 12.8. The molecule has 0 spiro atoms. The molecule has 2 fully saturated rings. The molecule has 0 radical (unpaired) electrons. The SMILES string of the molecule is COC1CC(NC(=O)c2ccccc2)CC2(c3cccc(O)c3)CCN(C)CC12. The Balaban J connectivity index is 1.66. The Bertz CT molecular complexity index is 856. The van der Waals surface area contributed by atoms with Crippen LogP contribution in [0.2, 0.25) is 0 Å². The van der Waals surface area contributed by atoms with Crippen LogP contribution in [0.25, 0.3) is 0 Å². The van der Waals surface area contributed by atoms with Crippen molar-refractivity contribution in [3.63, 3.8) is 0 Å². The van der Waals surface area contributed by atoms with Crippen LogP contribution in [0, 0.1) is 5.92 Å². The van der Waals surface area contributed by atoms with Crippen molar-refractivity contribution in [3.8, 4) is 5.75 Å². The summed E-state index contributed by atoms with van der Waals surface area (Å²) in [6.07, 6.45) is 2.69. The Morgan fingerprint density at radius 2 is 2.00 bits per heavy atom. The lowest BCUT2D eigenvalue weighted by molar-refractivity contribution is -0.0629. The lowest BCUT2D eigenvalue weighted by Crippen LogP contribution is -2.60. The van der Waals surface area contributed by atoms with E-state index in [1.807, 2.05) is 42.5 Å². The lowest BCUT2D eigenvalue weighted by Gasteiger charge is -2.55. The smallest absolute Gasteiger partial charge is 0.251 e. The number of carbonyl (C=O) groups is 1. The summed E-state index contributed by atoms with van der Waals surface area (Å²) in [6.45, 7) is 1.94. The van der Waals surface area contributed by atoms with Gasteiger partial charge in [0.15, 0.2) is 0 Å². The number of amides is 1. The van der Waals surface area contributed by atoms with Crippen molar-refractivity contribution in [1.29, 1.82) is 0 Å². The minimum Gasteiger partial charge on any atom is -0.508 e. The van der Waals surface area contributed by atoms with E-state index in [1.54, 1.807) is 13.2 Å². The highest BCUT2D eigenvalue weighted by molar-refractivity contribution is 5.94. The second kappa shape index (κ2) is 8.17. The summed E-state index contributed by atoms with van der Waals surface area (Å²) in [5.74, 6) is 0.569. The van der Waals surface area contributed by atoms with Gasteiger partial charge in [0.2, 0.25) is 0 Å². The number of rotatable bonds is 4. The van der Waals surface area contributed by atoms with E-state index in [0.717, 1.165) is 37.9 Å². The second-order valence-electron chi connectivity index (χ2n) is 8.58. The fourth-order valence-corrected chi connectivity index (χ4v) is 5.39. The molecule has 2 aliphatic rings. The van der Waals surface area contributed by atoms with Gasteiger partial charge in [0.05, 0.1) is 6.10 Å². The Morgan fingerprint density at radius 3 is 2.72 bits per heavy atom. The van der Waals surface area contributed by atoms with Crippen molar-refractivity contribution in [2.45, 2.75) is 36.8 Å². The van der Waals surface area contributed by atoms with Crippen LogP contribution in [-0.2, 0) is 10.2 Å². The first kappa shape index (κ1) is 19.9. The number of carbonyl (C=O) groups excluding carboxylic acids is 1. The van der Waals surface area contributed by atoms with Crippen molar-refractivity contribution in [1.82, 2.24) is 10.2 Å². The van der Waals surface area contributed by atoms with Crippen LogP contribution in [0.15, 0.2) is 54.6 Å². The zero-order valence-electron chi connectivity index (χ0n) is 17.2. The molecule has 1 amide bonds. The number of ether oxygens (including phenoxy) is 1. The summed E-state index contributed by atoms with van der Waals surface area (Å²) in [7, 11) is 3.93. The van der Waals surface area contributed by atoms with Gasteiger partial charge in [-0.2, -0.15) is 0 Å². The number of aromatic hydroxyl groups is 1. The van der Waals surface area contributed by atoms with Gasteiger partial charge in [0.25, 0.3) is 5.91 Å². The topological polar surface area (TPSA) is 61.8 Å². The van der Waals surface area contributed by atoms with Crippen molar-refractivity contribution in [2.24, 2.45) is 5.92 Å². The summed E-state index contributed by atoms with van der Waals surface area (Å²) in [4.78, 5) is 15.2. The summed E-state index contributed by atoms with van der Waals surface area (Å²) in [5, 5.41) is 13.4. The van der Waals surface area contributed by atoms with Crippen LogP contribution in [0.3, 0.4) is 0 Å². The number of fused-ring (bicyclic) bond motifs is 1. The monoisotopic (exact) mass is 394 g/mol. The van der Waals surface area contributed by atoms with E-state index in [9.17, 15) is 9.90 Å². The third-order valence-corrected chi connectivity index (χ3v) is 6.83. The number of benzene rings is 2. The van der Waals surface area contributed by atoms with Crippen LogP contribution in [0.1, 0.15) is 35.2 Å². The van der Waals surface area contributed by atoms with Gasteiger partial charge < -0.3 is 20.1 Å². The van der Waals surface area contributed by atoms with E-state index in [1.165, 1.54) is 0 Å². The fraction of sp³-hybridized carbons (Fsp3) is 0.458. The summed E-state index contributed by atoms with van der Waals surface area (Å²) in [6, 6.07) is 17.0. The molecule has 1 aliphatic heterocycles. The number of phenols is 1. The number of methoxy groups -OCH3 is 1. The highest BCUT2D eigenvalue weighted by atomic mass is 16.5. The van der Waals surface area contributed by atoms with Gasteiger partial charge in [0.1, 0.15) is 5.75 Å². The second-order valence-corrected chi connectivity index (χ2v) is 8.58. The number of hydrogen-bond acceptors (Lipinski definition) is 4. The first-order chi connectivity index (χ1) is 14.0. The molecule has 1 heterocycles. The largest absolute Gasteiger partial charge is 0.508 e. The van der Waals surface area contributed by atoms with Gasteiger partial charge >= 0.3 is 0 Å². The normalized spacial score (nSPS) is 29.8. The summed E-state index contributed by atoms with van der Waals surface area (Å²) in [5.41, 5.74) is 1.70. The molecular formula is C24H30N2O3. The minimum absolute atomic E-state index is 0.0228. The van der Waals surface area contributed by atoms with Crippen LogP contribution >= 0.6 is 0 Å². The molecule has 4 unspecified atom stereocenters. The number of likely N-dealkylation sites (tertiary alicyclic amines) is 1. The molecule has 0 bridgehead atoms. The molecule has 2 aromatic rings. The van der Waals surface area contributed by atoms with E-state index in [0.29, 0.717) is 17.2 Å². The maximum absolute atomic E-state index is 12.8. The van der Waals surface area contributed by atoms with Gasteiger partial charge in [-0.05, 0) is 62.7 Å². The molecule has 5 nitrogen and oxygen atoms in total. The van der Waals surface area contributed by atoms with Crippen molar-refractivity contribution >= 4 is 5.91 Å². The van der Waals surface area contributed by atoms with Gasteiger partial charge in [-0.1, -0.05) is 30.3 Å². The van der Waals surface area contributed by atoms with E-state index < -0.39 is 0 Å². The molecule has 1 saturated heterocycles. The van der Waals surface area contributed by atoms with Crippen LogP contribution < -0.4 is 5.32 Å². The number of hydrogen-bond donors (Lipinski definition) is 2. The van der Waals surface area contributed by atoms with Gasteiger partial charge in [-0.15, -0.1) is 0 Å². The van der Waals surface area contributed by atoms with E-state index in [-0.39, 0.29) is 23.5 Å². The first-order valence-corrected chi connectivity index (χ1v) is 10.4. The van der Waals surface area contributed by atoms with Gasteiger partial charge in [-0.3, -0.25) is 4.79 Å². The Hall–Kier alpha value is -2.37. The van der Waals surface area contributed by atoms with Crippen LogP contribution in [0.4, 0.5) is 0 Å². The zero-order chi connectivity index (χ0) is 20.4. The fourth-order valence-electron chi connectivity index (χ4n) is 5.39. The van der Waals surface area contributed by atoms with Gasteiger partial charge in [-0.25, -0.2) is 0 Å². The molecule has 29 heavy (non-hydrogen) atoms. The first-order valence-electron chi connectivity index (χ1n) is 10.4. The molecular weight excluding hydrogens is 364 g/mol. The number of nitrogens with one attached hydrogen (secondary N) is 1. The molecule has 0 aromatic heterocycles. The average molecular weight is 395 g/mol. The van der Waals surface area contributed by atoms with E-state index >= 15 is 0 Å². The molecule has 5 heteroatoms. The molecule has 4 rings (SSSR count). The zero-order valence-corrected chi connectivity index (χ0v) is 17.2. The van der Waals surface area contributed by atoms with Crippen molar-refractivity contribution < 1.29 is 14.6 Å². The number of piperidine rings is 1. The van der Waals surface area contributed by atoms with Crippen molar-refractivity contribution in [3.05, 3.63) is 65.7 Å². The molecule has 1 aliphatic carbocycles. The number of phenolic OH excluding ortho intramolecular Hbond substituents is 1. The third-order valence-electron chi connectivity index (χ3n) is 6.83. The summed E-state index contributed by atoms with van der Waals surface area (Å²) >= 11 is 0. The Morgan fingerprint density at radius 1 is 1.21 bits per heavy atom. The molecule has 4 atom stereocenters.